The standard InChI is InChI=1S/C27H29N5O3/c33-21-10-6-9-20(18-21)24-25-26(30-27(29-24)31-12-15-34-16-13-31)32(23-11-4-5-14-35-23)22(28-25)17-19-7-2-1-3-8-19/h1-3,6-10,18,23,33H,4-5,11-17H2. The highest BCUT2D eigenvalue weighted by Gasteiger charge is 2.27. The molecule has 0 spiro atoms. The van der Waals surface area contributed by atoms with E-state index in [2.05, 4.69) is 21.6 Å². The number of fused-ring (bicyclic) bond motifs is 1. The van der Waals surface area contributed by atoms with Crippen LogP contribution in [0.2, 0.25) is 0 Å². The summed E-state index contributed by atoms with van der Waals surface area (Å²) >= 11 is 0. The van der Waals surface area contributed by atoms with Gasteiger partial charge in [0.1, 0.15) is 29.0 Å². The molecule has 2 fully saturated rings. The summed E-state index contributed by atoms with van der Waals surface area (Å²) in [6.07, 6.45) is 3.65. The first-order chi connectivity index (χ1) is 17.3. The second kappa shape index (κ2) is 9.64. The maximum absolute atomic E-state index is 10.2. The minimum Gasteiger partial charge on any atom is -0.508 e. The summed E-state index contributed by atoms with van der Waals surface area (Å²) in [4.78, 5) is 17.3. The van der Waals surface area contributed by atoms with Gasteiger partial charge in [0.25, 0.3) is 0 Å². The summed E-state index contributed by atoms with van der Waals surface area (Å²) in [6, 6.07) is 17.5. The normalized spacial score (nSPS) is 18.7. The first kappa shape index (κ1) is 22.0. The van der Waals surface area contributed by atoms with Gasteiger partial charge in [-0.1, -0.05) is 42.5 Å². The smallest absolute Gasteiger partial charge is 0.228 e. The third-order valence-corrected chi connectivity index (χ3v) is 6.66. The van der Waals surface area contributed by atoms with Crippen LogP contribution in [-0.4, -0.2) is 57.5 Å². The van der Waals surface area contributed by atoms with Gasteiger partial charge < -0.3 is 19.5 Å². The van der Waals surface area contributed by atoms with Gasteiger partial charge in [0.2, 0.25) is 5.95 Å². The van der Waals surface area contributed by atoms with E-state index >= 15 is 0 Å². The number of anilines is 1. The molecule has 2 aromatic heterocycles. The van der Waals surface area contributed by atoms with E-state index in [0.29, 0.717) is 25.6 Å². The summed E-state index contributed by atoms with van der Waals surface area (Å²) in [5, 5.41) is 10.2. The Morgan fingerprint density at radius 3 is 2.54 bits per heavy atom. The number of nitrogens with zero attached hydrogens (tertiary/aromatic N) is 5. The van der Waals surface area contributed by atoms with Crippen molar-refractivity contribution < 1.29 is 14.6 Å². The lowest BCUT2D eigenvalue weighted by atomic mass is 10.1. The van der Waals surface area contributed by atoms with Gasteiger partial charge in [0.15, 0.2) is 5.65 Å². The number of hydrogen-bond acceptors (Lipinski definition) is 7. The summed E-state index contributed by atoms with van der Waals surface area (Å²) in [5.74, 6) is 1.76. The lowest BCUT2D eigenvalue weighted by molar-refractivity contribution is -0.0311. The van der Waals surface area contributed by atoms with E-state index in [1.165, 1.54) is 5.56 Å². The Balaban J connectivity index is 1.57. The molecule has 1 unspecified atom stereocenters. The molecule has 2 saturated heterocycles. The molecule has 1 N–H and O–H groups in total. The van der Waals surface area contributed by atoms with Gasteiger partial charge in [-0.15, -0.1) is 0 Å². The molecule has 2 aliphatic heterocycles. The number of aromatic nitrogens is 4. The van der Waals surface area contributed by atoms with Gasteiger partial charge in [-0.2, -0.15) is 4.98 Å². The minimum atomic E-state index is -0.114. The zero-order valence-corrected chi connectivity index (χ0v) is 19.6. The lowest BCUT2D eigenvalue weighted by Gasteiger charge is -2.28. The van der Waals surface area contributed by atoms with Crippen LogP contribution in [0.25, 0.3) is 22.4 Å². The van der Waals surface area contributed by atoms with Crippen molar-refractivity contribution in [2.75, 3.05) is 37.8 Å². The molecule has 4 aromatic rings. The monoisotopic (exact) mass is 471 g/mol. The molecule has 4 heterocycles. The number of hydrogen-bond donors (Lipinski definition) is 1. The molecule has 2 aliphatic rings. The minimum absolute atomic E-state index is 0.114. The van der Waals surface area contributed by atoms with Crippen molar-refractivity contribution >= 4 is 17.1 Å². The van der Waals surface area contributed by atoms with E-state index in [1.807, 2.05) is 30.3 Å². The van der Waals surface area contributed by atoms with Crippen molar-refractivity contribution in [3.05, 3.63) is 66.0 Å². The maximum Gasteiger partial charge on any atom is 0.228 e. The van der Waals surface area contributed by atoms with Gasteiger partial charge >= 0.3 is 0 Å². The second-order valence-corrected chi connectivity index (χ2v) is 9.08. The maximum atomic E-state index is 10.2. The van der Waals surface area contributed by atoms with E-state index in [0.717, 1.165) is 67.2 Å². The number of imidazole rings is 1. The predicted octanol–water partition coefficient (Wildman–Crippen LogP) is 4.33. The highest BCUT2D eigenvalue weighted by molar-refractivity contribution is 5.89. The van der Waals surface area contributed by atoms with Crippen LogP contribution in [0.15, 0.2) is 54.6 Å². The van der Waals surface area contributed by atoms with Crippen molar-refractivity contribution in [1.82, 2.24) is 19.5 Å². The molecule has 180 valence electrons. The summed E-state index contributed by atoms with van der Waals surface area (Å²) < 4.78 is 14.0. The Morgan fingerprint density at radius 1 is 0.914 bits per heavy atom. The third-order valence-electron chi connectivity index (χ3n) is 6.66. The number of rotatable bonds is 5. The highest BCUT2D eigenvalue weighted by Crippen LogP contribution is 2.35. The average Bonchev–Trinajstić information content (AvgIpc) is 3.27. The zero-order valence-electron chi connectivity index (χ0n) is 19.6. The number of benzene rings is 2. The van der Waals surface area contributed by atoms with Gasteiger partial charge in [-0.05, 0) is 37.0 Å². The van der Waals surface area contributed by atoms with Crippen LogP contribution in [0.5, 0.6) is 5.75 Å². The molecule has 0 bridgehead atoms. The number of morpholine rings is 1. The van der Waals surface area contributed by atoms with Gasteiger partial charge in [-0.3, -0.25) is 4.57 Å². The third kappa shape index (κ3) is 4.47. The van der Waals surface area contributed by atoms with E-state index in [-0.39, 0.29) is 12.0 Å². The molecule has 0 saturated carbocycles. The van der Waals surface area contributed by atoms with E-state index in [1.54, 1.807) is 12.1 Å². The lowest BCUT2D eigenvalue weighted by Crippen LogP contribution is -2.37. The second-order valence-electron chi connectivity index (χ2n) is 9.08. The first-order valence-electron chi connectivity index (χ1n) is 12.3. The largest absolute Gasteiger partial charge is 0.508 e. The van der Waals surface area contributed by atoms with E-state index in [9.17, 15) is 5.11 Å². The Morgan fingerprint density at radius 2 is 1.77 bits per heavy atom. The molecule has 0 aliphatic carbocycles. The highest BCUT2D eigenvalue weighted by atomic mass is 16.5. The topological polar surface area (TPSA) is 85.5 Å². The number of aromatic hydroxyl groups is 1. The fourth-order valence-electron chi connectivity index (χ4n) is 4.90. The molecule has 8 heteroatoms. The Hall–Kier alpha value is -3.49. The van der Waals surface area contributed by atoms with Crippen molar-refractivity contribution in [2.24, 2.45) is 0 Å². The SMILES string of the molecule is Oc1cccc(-c2nc(N3CCOCC3)nc3c2nc(Cc2ccccc2)n3C2CCCCO2)c1. The molecule has 2 aromatic carbocycles. The Kier molecular flexibility index (Phi) is 6.06. The van der Waals surface area contributed by atoms with Crippen LogP contribution in [-0.2, 0) is 15.9 Å². The van der Waals surface area contributed by atoms with Gasteiger partial charge in [0, 0.05) is 31.7 Å². The molecule has 1 atom stereocenters. The fraction of sp³-hybridized carbons (Fsp3) is 0.370. The average molecular weight is 472 g/mol. The van der Waals surface area contributed by atoms with Gasteiger partial charge in [0.05, 0.1) is 13.2 Å². The van der Waals surface area contributed by atoms with Crippen molar-refractivity contribution in [3.63, 3.8) is 0 Å². The van der Waals surface area contributed by atoms with Crippen molar-refractivity contribution in [1.29, 1.82) is 0 Å². The van der Waals surface area contributed by atoms with Crippen LogP contribution >= 0.6 is 0 Å². The zero-order chi connectivity index (χ0) is 23.6. The molecule has 0 radical (unpaired) electrons. The number of phenols is 1. The summed E-state index contributed by atoms with van der Waals surface area (Å²) in [7, 11) is 0. The molecule has 0 amide bonds. The van der Waals surface area contributed by atoms with Crippen molar-refractivity contribution in [3.8, 4) is 17.0 Å². The number of ether oxygens (including phenoxy) is 2. The summed E-state index contributed by atoms with van der Waals surface area (Å²) in [6.45, 7) is 3.49. The van der Waals surface area contributed by atoms with Crippen LogP contribution in [0.1, 0.15) is 36.9 Å². The van der Waals surface area contributed by atoms with Crippen molar-refractivity contribution in [2.45, 2.75) is 31.9 Å². The first-order valence-corrected chi connectivity index (χ1v) is 12.3. The summed E-state index contributed by atoms with van der Waals surface area (Å²) in [5.41, 5.74) is 4.22. The molecule has 6 rings (SSSR count). The number of phenolic OH excluding ortho intramolecular Hbond substituents is 1. The van der Waals surface area contributed by atoms with Gasteiger partial charge in [-0.25, -0.2) is 9.97 Å². The Labute approximate surface area is 204 Å². The molecule has 35 heavy (non-hydrogen) atoms. The molecule has 8 nitrogen and oxygen atoms in total. The van der Waals surface area contributed by atoms with Crippen LogP contribution in [0.3, 0.4) is 0 Å². The fourth-order valence-corrected chi connectivity index (χ4v) is 4.90. The van der Waals surface area contributed by atoms with E-state index in [4.69, 9.17) is 24.4 Å². The van der Waals surface area contributed by atoms with Crippen LogP contribution in [0, 0.1) is 0 Å². The van der Waals surface area contributed by atoms with Crippen LogP contribution < -0.4 is 4.90 Å². The Bertz CT molecular complexity index is 1310. The quantitative estimate of drug-likeness (QED) is 0.464. The molecular formula is C27H29N5O3. The molecular weight excluding hydrogens is 442 g/mol. The van der Waals surface area contributed by atoms with Crippen LogP contribution in [0.4, 0.5) is 5.95 Å². The van der Waals surface area contributed by atoms with E-state index < -0.39 is 0 Å². The predicted molar refractivity (Wildman–Crippen MR) is 134 cm³/mol.